The second kappa shape index (κ2) is 10.7. The van der Waals surface area contributed by atoms with Crippen molar-refractivity contribution in [1.82, 2.24) is 10.6 Å². The van der Waals surface area contributed by atoms with Crippen molar-refractivity contribution in [2.45, 2.75) is 65.3 Å². The molecule has 7 heteroatoms. The Hall–Kier alpha value is -2.35. The van der Waals surface area contributed by atoms with E-state index >= 15 is 0 Å². The van der Waals surface area contributed by atoms with Crippen LogP contribution in [0.1, 0.15) is 56.0 Å². The summed E-state index contributed by atoms with van der Waals surface area (Å²) in [6, 6.07) is 8.84. The molecule has 1 amide bonds. The minimum atomic E-state index is -0.969. The van der Waals surface area contributed by atoms with Crippen LogP contribution in [-0.2, 0) is 29.0 Å². The third-order valence-electron chi connectivity index (χ3n) is 5.67. The van der Waals surface area contributed by atoms with Gasteiger partial charge in [0.25, 0.3) is 0 Å². The first-order valence-electron chi connectivity index (χ1n) is 11.3. The average Bonchev–Trinajstić information content (AvgIpc) is 2.69. The van der Waals surface area contributed by atoms with Crippen molar-refractivity contribution in [3.05, 3.63) is 70.3 Å². The Morgan fingerprint density at radius 1 is 1.15 bits per heavy atom. The summed E-state index contributed by atoms with van der Waals surface area (Å²) >= 11 is 0. The van der Waals surface area contributed by atoms with E-state index in [2.05, 4.69) is 49.6 Å². The van der Waals surface area contributed by atoms with E-state index in [0.29, 0.717) is 18.8 Å². The number of amides is 1. The maximum Gasteiger partial charge on any atom is 0.217 e. The Balaban J connectivity index is 1.70. The van der Waals surface area contributed by atoms with Crippen molar-refractivity contribution in [2.24, 2.45) is 5.41 Å². The fourth-order valence-corrected chi connectivity index (χ4v) is 4.30. The summed E-state index contributed by atoms with van der Waals surface area (Å²) < 4.78 is 32.9. The number of nitrogens with one attached hydrogen (secondary N) is 2. The van der Waals surface area contributed by atoms with E-state index in [1.165, 1.54) is 24.6 Å². The quantitative estimate of drug-likeness (QED) is 0.560. The van der Waals surface area contributed by atoms with Crippen LogP contribution in [-0.4, -0.2) is 36.3 Å². The van der Waals surface area contributed by atoms with Crippen molar-refractivity contribution < 1.29 is 23.4 Å². The zero-order valence-electron chi connectivity index (χ0n) is 19.8. The van der Waals surface area contributed by atoms with Gasteiger partial charge < -0.3 is 20.5 Å². The molecule has 0 radical (unpaired) electrons. The number of ether oxygens (including phenoxy) is 1. The summed E-state index contributed by atoms with van der Waals surface area (Å²) in [5.41, 5.74) is 4.04. The Morgan fingerprint density at radius 2 is 1.85 bits per heavy atom. The molecule has 3 N–H and O–H groups in total. The van der Waals surface area contributed by atoms with E-state index in [4.69, 9.17) is 4.74 Å². The molecule has 33 heavy (non-hydrogen) atoms. The SMILES string of the molecule is CC(=O)N[C@@H](Cc1cc(F)cc(F)c1)[C@H](O)CN[C@H]1COCc2ccc(CC(C)(C)C)cc21. The topological polar surface area (TPSA) is 70.6 Å². The van der Waals surface area contributed by atoms with E-state index in [9.17, 15) is 18.7 Å². The van der Waals surface area contributed by atoms with Gasteiger partial charge in [-0.2, -0.15) is 0 Å². The van der Waals surface area contributed by atoms with Gasteiger partial charge in [0.2, 0.25) is 5.91 Å². The zero-order valence-corrected chi connectivity index (χ0v) is 19.8. The van der Waals surface area contributed by atoms with Crippen LogP contribution in [0.5, 0.6) is 0 Å². The number of carbonyl (C=O) groups excluding carboxylic acids is 1. The number of aliphatic hydroxyl groups excluding tert-OH is 1. The molecule has 0 aliphatic carbocycles. The molecular formula is C26H34F2N2O3. The predicted molar refractivity (Wildman–Crippen MR) is 124 cm³/mol. The maximum absolute atomic E-state index is 13.6. The van der Waals surface area contributed by atoms with Gasteiger partial charge in [0.05, 0.1) is 31.4 Å². The van der Waals surface area contributed by atoms with E-state index < -0.39 is 23.8 Å². The molecule has 3 atom stereocenters. The molecule has 0 saturated heterocycles. The monoisotopic (exact) mass is 460 g/mol. The van der Waals surface area contributed by atoms with Crippen LogP contribution < -0.4 is 10.6 Å². The lowest BCUT2D eigenvalue weighted by molar-refractivity contribution is -0.120. The molecule has 5 nitrogen and oxygen atoms in total. The van der Waals surface area contributed by atoms with E-state index in [-0.39, 0.29) is 30.3 Å². The van der Waals surface area contributed by atoms with Crippen molar-refractivity contribution in [3.8, 4) is 0 Å². The smallest absolute Gasteiger partial charge is 0.217 e. The van der Waals surface area contributed by atoms with Gasteiger partial charge in [-0.1, -0.05) is 39.0 Å². The predicted octanol–water partition coefficient (Wildman–Crippen LogP) is 3.82. The average molecular weight is 461 g/mol. The highest BCUT2D eigenvalue weighted by atomic mass is 19.1. The highest BCUT2D eigenvalue weighted by Gasteiger charge is 2.26. The molecule has 1 aliphatic rings. The Morgan fingerprint density at radius 3 is 2.48 bits per heavy atom. The molecule has 1 heterocycles. The van der Waals surface area contributed by atoms with E-state index in [1.807, 2.05) is 0 Å². The summed E-state index contributed by atoms with van der Waals surface area (Å²) in [7, 11) is 0. The zero-order chi connectivity index (χ0) is 24.2. The molecule has 180 valence electrons. The lowest BCUT2D eigenvalue weighted by atomic mass is 9.86. The van der Waals surface area contributed by atoms with Gasteiger partial charge in [0, 0.05) is 19.5 Å². The fourth-order valence-electron chi connectivity index (χ4n) is 4.30. The maximum atomic E-state index is 13.6. The number of aliphatic hydroxyl groups is 1. The number of benzene rings is 2. The molecule has 0 saturated carbocycles. The van der Waals surface area contributed by atoms with E-state index in [1.54, 1.807) is 0 Å². The molecular weight excluding hydrogens is 426 g/mol. The van der Waals surface area contributed by atoms with Gasteiger partial charge in [-0.05, 0) is 52.6 Å². The Labute approximate surface area is 194 Å². The number of carbonyl (C=O) groups is 1. The van der Waals surface area contributed by atoms with E-state index in [0.717, 1.165) is 23.6 Å². The first kappa shape index (κ1) is 25.3. The summed E-state index contributed by atoms with van der Waals surface area (Å²) in [4.78, 5) is 11.7. The molecule has 3 rings (SSSR count). The normalized spacial score (nSPS) is 17.8. The number of hydrogen-bond donors (Lipinski definition) is 3. The van der Waals surface area contributed by atoms with Crippen LogP contribution in [0.25, 0.3) is 0 Å². The van der Waals surface area contributed by atoms with Crippen LogP contribution in [0.3, 0.4) is 0 Å². The van der Waals surface area contributed by atoms with Crippen LogP contribution in [0, 0.1) is 17.0 Å². The highest BCUT2D eigenvalue weighted by Crippen LogP contribution is 2.29. The third-order valence-corrected chi connectivity index (χ3v) is 5.67. The summed E-state index contributed by atoms with van der Waals surface area (Å²) in [6.07, 6.45) is 0.0824. The van der Waals surface area contributed by atoms with Crippen molar-refractivity contribution >= 4 is 5.91 Å². The lowest BCUT2D eigenvalue weighted by Gasteiger charge is -2.30. The minimum absolute atomic E-state index is 0.102. The highest BCUT2D eigenvalue weighted by molar-refractivity contribution is 5.73. The Bertz CT molecular complexity index is 954. The van der Waals surface area contributed by atoms with Crippen molar-refractivity contribution in [2.75, 3.05) is 13.2 Å². The van der Waals surface area contributed by atoms with Gasteiger partial charge >= 0.3 is 0 Å². The Kier molecular flexibility index (Phi) is 8.21. The second-order valence-corrected chi connectivity index (χ2v) is 10.1. The number of fused-ring (bicyclic) bond motifs is 1. The second-order valence-electron chi connectivity index (χ2n) is 10.1. The molecule has 0 fully saturated rings. The van der Waals surface area contributed by atoms with Crippen molar-refractivity contribution in [3.63, 3.8) is 0 Å². The largest absolute Gasteiger partial charge is 0.390 e. The molecule has 0 bridgehead atoms. The van der Waals surface area contributed by atoms with Gasteiger partial charge in [0.15, 0.2) is 0 Å². The van der Waals surface area contributed by atoms with Gasteiger partial charge in [-0.15, -0.1) is 0 Å². The van der Waals surface area contributed by atoms with Crippen LogP contribution >= 0.6 is 0 Å². The molecule has 2 aromatic carbocycles. The minimum Gasteiger partial charge on any atom is -0.390 e. The number of halogens is 2. The number of rotatable bonds is 8. The van der Waals surface area contributed by atoms with Crippen LogP contribution in [0.2, 0.25) is 0 Å². The van der Waals surface area contributed by atoms with Crippen LogP contribution in [0.15, 0.2) is 36.4 Å². The third kappa shape index (κ3) is 7.59. The molecule has 1 aliphatic heterocycles. The molecule has 0 unspecified atom stereocenters. The molecule has 0 aromatic heterocycles. The first-order valence-corrected chi connectivity index (χ1v) is 11.3. The molecule has 2 aromatic rings. The fraction of sp³-hybridized carbons (Fsp3) is 0.500. The lowest BCUT2D eigenvalue weighted by Crippen LogP contribution is -2.49. The summed E-state index contributed by atoms with van der Waals surface area (Å²) in [6.45, 7) is 9.15. The molecule has 0 spiro atoms. The van der Waals surface area contributed by atoms with Crippen molar-refractivity contribution in [1.29, 1.82) is 0 Å². The van der Waals surface area contributed by atoms with Gasteiger partial charge in [-0.25, -0.2) is 8.78 Å². The number of hydrogen-bond acceptors (Lipinski definition) is 4. The van der Waals surface area contributed by atoms with Gasteiger partial charge in [-0.3, -0.25) is 4.79 Å². The van der Waals surface area contributed by atoms with Crippen LogP contribution in [0.4, 0.5) is 8.78 Å². The van der Waals surface area contributed by atoms with Gasteiger partial charge in [0.1, 0.15) is 11.6 Å². The summed E-state index contributed by atoms with van der Waals surface area (Å²) in [5, 5.41) is 16.9. The standard InChI is InChI=1S/C26H34F2N2O3/c1-16(31)30-23(10-18-7-20(27)11-21(28)8-18)25(32)13-29-24-15-33-14-19-6-5-17(9-22(19)24)12-26(2,3)4/h5-9,11,23-25,29,32H,10,12-15H2,1-4H3,(H,30,31)/t23-,24-,25+/m0/s1. The summed E-state index contributed by atoms with van der Waals surface area (Å²) in [5.74, 6) is -1.71. The first-order chi connectivity index (χ1) is 15.5.